The van der Waals surface area contributed by atoms with Crippen LogP contribution in [-0.4, -0.2) is 16.3 Å². The molecule has 2 aromatic rings. The highest BCUT2D eigenvalue weighted by Gasteiger charge is 2.45. The minimum atomic E-state index is -1.36. The number of aliphatic hydroxyl groups excluding tert-OH is 1. The van der Waals surface area contributed by atoms with Crippen molar-refractivity contribution >= 4 is 0 Å². The zero-order valence-corrected chi connectivity index (χ0v) is 13.7. The van der Waals surface area contributed by atoms with Crippen LogP contribution in [0.5, 0.6) is 0 Å². The van der Waals surface area contributed by atoms with Gasteiger partial charge in [-0.3, -0.25) is 0 Å². The molecule has 0 heterocycles. The van der Waals surface area contributed by atoms with Crippen molar-refractivity contribution in [2.24, 2.45) is 11.8 Å². The molecule has 23 heavy (non-hydrogen) atoms. The average molecular weight is 310 g/mol. The van der Waals surface area contributed by atoms with Gasteiger partial charge in [0, 0.05) is 0 Å². The number of hydrogen-bond acceptors (Lipinski definition) is 2. The van der Waals surface area contributed by atoms with E-state index in [1.165, 1.54) is 6.42 Å². The molecule has 1 fully saturated rings. The van der Waals surface area contributed by atoms with Crippen LogP contribution in [0, 0.1) is 11.8 Å². The summed E-state index contributed by atoms with van der Waals surface area (Å²) in [6, 6.07) is 19.2. The first kappa shape index (κ1) is 16.2. The van der Waals surface area contributed by atoms with Gasteiger partial charge in [-0.15, -0.1) is 0 Å². The van der Waals surface area contributed by atoms with Crippen LogP contribution in [0.4, 0.5) is 0 Å². The molecule has 1 saturated carbocycles. The molecule has 0 saturated heterocycles. The summed E-state index contributed by atoms with van der Waals surface area (Å²) in [5.41, 5.74) is 0.159. The molecule has 1 aliphatic carbocycles. The van der Waals surface area contributed by atoms with Gasteiger partial charge in [-0.1, -0.05) is 86.8 Å². The first-order valence-electron chi connectivity index (χ1n) is 8.65. The molecule has 0 aromatic heterocycles. The van der Waals surface area contributed by atoms with Crippen LogP contribution in [0.1, 0.15) is 43.7 Å². The van der Waals surface area contributed by atoms with Crippen molar-refractivity contribution in [3.05, 3.63) is 71.8 Å². The van der Waals surface area contributed by atoms with Crippen molar-refractivity contribution in [1.29, 1.82) is 0 Å². The largest absolute Gasteiger partial charge is 0.389 e. The predicted molar refractivity (Wildman–Crippen MR) is 93.0 cm³/mol. The van der Waals surface area contributed by atoms with Gasteiger partial charge in [0.05, 0.1) is 6.10 Å². The van der Waals surface area contributed by atoms with Crippen molar-refractivity contribution in [2.75, 3.05) is 0 Å². The number of rotatable bonds is 4. The standard InChI is InChI=1S/C21H26O2/c1-16-10-8-9-15-19(16)20(22)21(23,17-11-4-2-5-12-17)18-13-6-3-7-14-18/h2-7,11-14,16,19-20,22-23H,8-10,15H2,1H3. The molecular formula is C21H26O2. The molecule has 3 rings (SSSR count). The second kappa shape index (κ2) is 6.86. The topological polar surface area (TPSA) is 40.5 Å². The van der Waals surface area contributed by atoms with Gasteiger partial charge in [0.15, 0.2) is 0 Å². The Morgan fingerprint density at radius 1 is 0.870 bits per heavy atom. The molecule has 2 nitrogen and oxygen atoms in total. The molecule has 0 bridgehead atoms. The molecule has 0 spiro atoms. The first-order valence-corrected chi connectivity index (χ1v) is 8.65. The van der Waals surface area contributed by atoms with Crippen LogP contribution in [0.2, 0.25) is 0 Å². The lowest BCUT2D eigenvalue weighted by atomic mass is 9.69. The van der Waals surface area contributed by atoms with Crippen LogP contribution in [0.25, 0.3) is 0 Å². The van der Waals surface area contributed by atoms with Crippen LogP contribution in [0.3, 0.4) is 0 Å². The van der Waals surface area contributed by atoms with Gasteiger partial charge in [0.25, 0.3) is 0 Å². The predicted octanol–water partition coefficient (Wildman–Crippen LogP) is 4.11. The van der Waals surface area contributed by atoms with E-state index in [1.807, 2.05) is 60.7 Å². The fourth-order valence-corrected chi connectivity index (χ4v) is 4.02. The summed E-state index contributed by atoms with van der Waals surface area (Å²) in [5, 5.41) is 22.9. The second-order valence-corrected chi connectivity index (χ2v) is 6.87. The molecule has 3 unspecified atom stereocenters. The normalized spacial score (nSPS) is 23.4. The lowest BCUT2D eigenvalue weighted by Gasteiger charge is -2.42. The maximum Gasteiger partial charge on any atom is 0.141 e. The summed E-state index contributed by atoms with van der Waals surface area (Å²) in [5.74, 6) is 0.548. The molecule has 0 radical (unpaired) electrons. The Labute approximate surface area is 138 Å². The van der Waals surface area contributed by atoms with Crippen LogP contribution in [-0.2, 0) is 5.60 Å². The van der Waals surface area contributed by atoms with E-state index in [2.05, 4.69) is 6.92 Å². The van der Waals surface area contributed by atoms with Crippen LogP contribution in [0.15, 0.2) is 60.7 Å². The van der Waals surface area contributed by atoms with Crippen molar-refractivity contribution in [3.63, 3.8) is 0 Å². The highest BCUT2D eigenvalue weighted by Crippen LogP contribution is 2.42. The highest BCUT2D eigenvalue weighted by atomic mass is 16.3. The smallest absolute Gasteiger partial charge is 0.141 e. The van der Waals surface area contributed by atoms with E-state index in [1.54, 1.807) is 0 Å². The van der Waals surface area contributed by atoms with E-state index in [0.29, 0.717) is 5.92 Å². The Kier molecular flexibility index (Phi) is 4.84. The maximum absolute atomic E-state index is 11.6. The SMILES string of the molecule is CC1CCCCC1C(O)C(O)(c1ccccc1)c1ccccc1. The number of aliphatic hydroxyl groups is 2. The molecule has 0 aliphatic heterocycles. The zero-order chi connectivity index (χ0) is 16.3. The Balaban J connectivity index is 2.05. The first-order chi connectivity index (χ1) is 11.1. The van der Waals surface area contributed by atoms with Crippen LogP contribution >= 0.6 is 0 Å². The molecule has 122 valence electrons. The average Bonchev–Trinajstić information content (AvgIpc) is 2.62. The molecular weight excluding hydrogens is 284 g/mol. The third-order valence-corrected chi connectivity index (χ3v) is 5.44. The Morgan fingerprint density at radius 2 is 1.35 bits per heavy atom. The third kappa shape index (κ3) is 3.06. The highest BCUT2D eigenvalue weighted by molar-refractivity contribution is 5.37. The van der Waals surface area contributed by atoms with Gasteiger partial charge in [-0.2, -0.15) is 0 Å². The molecule has 3 atom stereocenters. The van der Waals surface area contributed by atoms with Gasteiger partial charge in [-0.05, 0) is 29.4 Å². The Morgan fingerprint density at radius 3 is 1.83 bits per heavy atom. The maximum atomic E-state index is 11.6. The minimum absolute atomic E-state index is 0.120. The van der Waals surface area contributed by atoms with E-state index in [0.717, 1.165) is 30.4 Å². The lowest BCUT2D eigenvalue weighted by molar-refractivity contribution is -0.0967. The lowest BCUT2D eigenvalue weighted by Crippen LogP contribution is -2.47. The van der Waals surface area contributed by atoms with Crippen LogP contribution < -0.4 is 0 Å². The summed E-state index contributed by atoms with van der Waals surface area (Å²) in [7, 11) is 0. The van der Waals surface area contributed by atoms with Gasteiger partial charge in [-0.25, -0.2) is 0 Å². The molecule has 0 amide bonds. The van der Waals surface area contributed by atoms with Crippen molar-refractivity contribution < 1.29 is 10.2 Å². The third-order valence-electron chi connectivity index (χ3n) is 5.44. The van der Waals surface area contributed by atoms with E-state index in [4.69, 9.17) is 0 Å². The van der Waals surface area contributed by atoms with E-state index in [9.17, 15) is 10.2 Å². The molecule has 2 N–H and O–H groups in total. The van der Waals surface area contributed by atoms with Crippen molar-refractivity contribution in [3.8, 4) is 0 Å². The van der Waals surface area contributed by atoms with E-state index in [-0.39, 0.29) is 5.92 Å². The number of hydrogen-bond donors (Lipinski definition) is 2. The zero-order valence-electron chi connectivity index (χ0n) is 13.7. The van der Waals surface area contributed by atoms with Gasteiger partial charge in [0.1, 0.15) is 5.60 Å². The second-order valence-electron chi connectivity index (χ2n) is 6.87. The molecule has 2 heteroatoms. The summed E-state index contributed by atoms with van der Waals surface area (Å²) in [6.07, 6.45) is 3.65. The van der Waals surface area contributed by atoms with Crippen molar-refractivity contribution in [1.82, 2.24) is 0 Å². The Bertz CT molecular complexity index is 569. The monoisotopic (exact) mass is 310 g/mol. The van der Waals surface area contributed by atoms with E-state index >= 15 is 0 Å². The molecule has 2 aromatic carbocycles. The quantitative estimate of drug-likeness (QED) is 0.892. The van der Waals surface area contributed by atoms with Gasteiger partial charge in [0.2, 0.25) is 0 Å². The summed E-state index contributed by atoms with van der Waals surface area (Å²) in [6.45, 7) is 2.20. The van der Waals surface area contributed by atoms with E-state index < -0.39 is 11.7 Å². The minimum Gasteiger partial charge on any atom is -0.389 e. The molecule has 1 aliphatic rings. The fraction of sp³-hybridized carbons (Fsp3) is 0.429. The number of benzene rings is 2. The summed E-state index contributed by atoms with van der Waals surface area (Å²) in [4.78, 5) is 0. The van der Waals surface area contributed by atoms with Crippen molar-refractivity contribution in [2.45, 2.75) is 44.3 Å². The summed E-state index contributed by atoms with van der Waals surface area (Å²) >= 11 is 0. The van der Waals surface area contributed by atoms with Gasteiger partial charge >= 0.3 is 0 Å². The Hall–Kier alpha value is -1.64. The fourth-order valence-electron chi connectivity index (χ4n) is 4.02. The van der Waals surface area contributed by atoms with Gasteiger partial charge < -0.3 is 10.2 Å². The summed E-state index contributed by atoms with van der Waals surface area (Å²) < 4.78 is 0.